The van der Waals surface area contributed by atoms with Crippen LogP contribution in [0.2, 0.25) is 0 Å². The predicted octanol–water partition coefficient (Wildman–Crippen LogP) is 0.793. The summed E-state index contributed by atoms with van der Waals surface area (Å²) in [6.07, 6.45) is 4.46. The van der Waals surface area contributed by atoms with Gasteiger partial charge in [-0.15, -0.1) is 0 Å². The Labute approximate surface area is 159 Å². The first-order valence-corrected chi connectivity index (χ1v) is 10.6. The van der Waals surface area contributed by atoms with Crippen LogP contribution in [-0.2, 0) is 16.6 Å². The number of nitrogens with one attached hydrogen (secondary N) is 3. The molecule has 0 unspecified atom stereocenters. The second-order valence-electron chi connectivity index (χ2n) is 6.39. The van der Waals surface area contributed by atoms with Gasteiger partial charge in [0.2, 0.25) is 10.0 Å². The fourth-order valence-corrected chi connectivity index (χ4v) is 3.49. The topological polar surface area (TPSA) is 103 Å². The normalized spacial score (nSPS) is 14.6. The maximum Gasteiger partial charge on any atom is 0.251 e. The molecule has 0 saturated carbocycles. The van der Waals surface area contributed by atoms with Crippen LogP contribution in [0.25, 0.3) is 0 Å². The summed E-state index contributed by atoms with van der Waals surface area (Å²) < 4.78 is 26.1. The number of carbonyl (C=O) groups is 1. The van der Waals surface area contributed by atoms with Crippen molar-refractivity contribution in [1.82, 2.24) is 15.6 Å². The number of carbonyl (C=O) groups excluding carboxylic acids is 1. The molecule has 144 valence electrons. The van der Waals surface area contributed by atoms with Crippen LogP contribution in [0.3, 0.4) is 0 Å². The van der Waals surface area contributed by atoms with Crippen LogP contribution in [0, 0.1) is 0 Å². The summed E-state index contributed by atoms with van der Waals surface area (Å²) >= 11 is 0. The van der Waals surface area contributed by atoms with Crippen LogP contribution in [0.4, 0.5) is 11.4 Å². The smallest absolute Gasteiger partial charge is 0.251 e. The van der Waals surface area contributed by atoms with Gasteiger partial charge in [0.15, 0.2) is 0 Å². The first kappa shape index (κ1) is 19.1. The molecule has 1 amide bonds. The molecule has 0 aliphatic carbocycles. The van der Waals surface area contributed by atoms with E-state index in [-0.39, 0.29) is 5.91 Å². The van der Waals surface area contributed by atoms with Crippen LogP contribution in [0.15, 0.2) is 42.7 Å². The average Bonchev–Trinajstić information content (AvgIpc) is 2.66. The van der Waals surface area contributed by atoms with Gasteiger partial charge in [-0.3, -0.25) is 14.5 Å². The van der Waals surface area contributed by atoms with Crippen LogP contribution >= 0.6 is 0 Å². The molecule has 2 aromatic rings. The van der Waals surface area contributed by atoms with Crippen molar-refractivity contribution in [2.75, 3.05) is 42.1 Å². The van der Waals surface area contributed by atoms with Gasteiger partial charge < -0.3 is 15.5 Å². The lowest BCUT2D eigenvalue weighted by Crippen LogP contribution is -2.43. The molecule has 3 N–H and O–H groups in total. The minimum Gasteiger partial charge on any atom is -0.367 e. The van der Waals surface area contributed by atoms with E-state index >= 15 is 0 Å². The molecule has 0 bridgehead atoms. The zero-order valence-electron chi connectivity index (χ0n) is 15.1. The highest BCUT2D eigenvalue weighted by atomic mass is 32.2. The SMILES string of the molecule is CS(=O)(=O)Nc1cc(C(=O)NCc2cccnc2)ccc1N1CCNCC1. The van der Waals surface area contributed by atoms with Gasteiger partial charge in [-0.05, 0) is 29.8 Å². The zero-order valence-corrected chi connectivity index (χ0v) is 15.9. The lowest BCUT2D eigenvalue weighted by molar-refractivity contribution is 0.0951. The van der Waals surface area contributed by atoms with E-state index in [0.29, 0.717) is 17.8 Å². The third-order valence-corrected chi connectivity index (χ3v) is 4.78. The standard InChI is InChI=1S/C18H23N5O3S/c1-27(25,26)22-16-11-15(4-5-17(16)23-9-7-19-8-10-23)18(24)21-13-14-3-2-6-20-12-14/h2-6,11-12,19,22H,7-10,13H2,1H3,(H,21,24). The number of sulfonamides is 1. The minimum atomic E-state index is -3.47. The molecule has 1 aliphatic heterocycles. The molecule has 1 fully saturated rings. The Hall–Kier alpha value is -2.65. The van der Waals surface area contributed by atoms with E-state index in [1.807, 2.05) is 6.07 Å². The Bertz CT molecular complexity index is 896. The fourth-order valence-electron chi connectivity index (χ4n) is 2.93. The molecule has 0 spiro atoms. The summed E-state index contributed by atoms with van der Waals surface area (Å²) in [7, 11) is -3.47. The van der Waals surface area contributed by atoms with E-state index < -0.39 is 10.0 Å². The van der Waals surface area contributed by atoms with E-state index in [9.17, 15) is 13.2 Å². The van der Waals surface area contributed by atoms with Gasteiger partial charge >= 0.3 is 0 Å². The number of anilines is 2. The minimum absolute atomic E-state index is 0.276. The number of aromatic nitrogens is 1. The van der Waals surface area contributed by atoms with Crippen LogP contribution in [-0.4, -0.2) is 51.7 Å². The van der Waals surface area contributed by atoms with Crippen molar-refractivity contribution in [3.63, 3.8) is 0 Å². The first-order valence-electron chi connectivity index (χ1n) is 8.67. The Morgan fingerprint density at radius 3 is 2.70 bits per heavy atom. The zero-order chi connectivity index (χ0) is 19.3. The summed E-state index contributed by atoms with van der Waals surface area (Å²) in [6, 6.07) is 8.76. The van der Waals surface area contributed by atoms with Crippen molar-refractivity contribution in [2.45, 2.75) is 6.54 Å². The van der Waals surface area contributed by atoms with Gasteiger partial charge in [0.05, 0.1) is 17.6 Å². The molecule has 0 atom stereocenters. The third-order valence-electron chi connectivity index (χ3n) is 4.19. The van der Waals surface area contributed by atoms with Crippen LogP contribution in [0.1, 0.15) is 15.9 Å². The molecule has 0 radical (unpaired) electrons. The molecular formula is C18H23N5O3S. The molecule has 9 heteroatoms. The number of rotatable bonds is 6. The molecule has 2 heterocycles. The Morgan fingerprint density at radius 1 is 1.26 bits per heavy atom. The molecule has 27 heavy (non-hydrogen) atoms. The summed E-state index contributed by atoms with van der Waals surface area (Å²) in [4.78, 5) is 18.6. The van der Waals surface area contributed by atoms with E-state index in [2.05, 4.69) is 25.2 Å². The van der Waals surface area contributed by atoms with Crippen molar-refractivity contribution in [2.24, 2.45) is 0 Å². The number of hydrogen-bond donors (Lipinski definition) is 3. The molecule has 8 nitrogen and oxygen atoms in total. The largest absolute Gasteiger partial charge is 0.367 e. The number of amides is 1. The van der Waals surface area contributed by atoms with Gasteiger partial charge in [0, 0.05) is 50.7 Å². The molecule has 1 aliphatic rings. The van der Waals surface area contributed by atoms with Gasteiger partial charge in [-0.1, -0.05) is 6.07 Å². The predicted molar refractivity (Wildman–Crippen MR) is 105 cm³/mol. The monoisotopic (exact) mass is 389 g/mol. The Morgan fingerprint density at radius 2 is 2.04 bits per heavy atom. The Balaban J connectivity index is 1.81. The highest BCUT2D eigenvalue weighted by Crippen LogP contribution is 2.28. The third kappa shape index (κ3) is 5.41. The average molecular weight is 389 g/mol. The first-order chi connectivity index (χ1) is 12.9. The number of benzene rings is 1. The van der Waals surface area contributed by atoms with Gasteiger partial charge in [0.1, 0.15) is 0 Å². The highest BCUT2D eigenvalue weighted by Gasteiger charge is 2.18. The maximum atomic E-state index is 12.5. The number of piperazine rings is 1. The fraction of sp³-hybridized carbons (Fsp3) is 0.333. The number of hydrogen-bond acceptors (Lipinski definition) is 6. The summed E-state index contributed by atoms with van der Waals surface area (Å²) in [5.41, 5.74) is 2.46. The Kier molecular flexibility index (Phi) is 5.92. The molecule has 1 aromatic heterocycles. The van der Waals surface area contributed by atoms with E-state index in [1.54, 1.807) is 36.7 Å². The van der Waals surface area contributed by atoms with Gasteiger partial charge in [-0.25, -0.2) is 8.42 Å². The second kappa shape index (κ2) is 8.36. The number of nitrogens with zero attached hydrogens (tertiary/aromatic N) is 2. The van der Waals surface area contributed by atoms with Crippen molar-refractivity contribution in [3.8, 4) is 0 Å². The molecule has 1 aromatic carbocycles. The van der Waals surface area contributed by atoms with E-state index in [1.165, 1.54) is 0 Å². The van der Waals surface area contributed by atoms with Crippen molar-refractivity contribution in [1.29, 1.82) is 0 Å². The molecule has 3 rings (SSSR count). The second-order valence-corrected chi connectivity index (χ2v) is 8.14. The van der Waals surface area contributed by atoms with Gasteiger partial charge in [-0.2, -0.15) is 0 Å². The van der Waals surface area contributed by atoms with Gasteiger partial charge in [0.25, 0.3) is 5.91 Å². The molecule has 1 saturated heterocycles. The summed E-state index contributed by atoms with van der Waals surface area (Å²) in [6.45, 7) is 3.54. The van der Waals surface area contributed by atoms with Crippen molar-refractivity contribution < 1.29 is 13.2 Å². The molecular weight excluding hydrogens is 366 g/mol. The van der Waals surface area contributed by atoms with Crippen LogP contribution in [0.5, 0.6) is 0 Å². The quantitative estimate of drug-likeness (QED) is 0.675. The van der Waals surface area contributed by atoms with E-state index in [4.69, 9.17) is 0 Å². The van der Waals surface area contributed by atoms with Crippen LogP contribution < -0.4 is 20.3 Å². The lowest BCUT2D eigenvalue weighted by atomic mass is 10.1. The van der Waals surface area contributed by atoms with E-state index in [0.717, 1.165) is 43.7 Å². The summed E-state index contributed by atoms with van der Waals surface area (Å²) in [5.74, 6) is -0.276. The lowest BCUT2D eigenvalue weighted by Gasteiger charge is -2.31. The number of pyridine rings is 1. The van der Waals surface area contributed by atoms with Crippen molar-refractivity contribution >= 4 is 27.3 Å². The van der Waals surface area contributed by atoms with Crippen molar-refractivity contribution in [3.05, 3.63) is 53.9 Å². The summed E-state index contributed by atoms with van der Waals surface area (Å²) in [5, 5.41) is 6.09. The maximum absolute atomic E-state index is 12.5. The highest BCUT2D eigenvalue weighted by molar-refractivity contribution is 7.92.